The molecular weight excluding hydrogens is 230 g/mol. The lowest BCUT2D eigenvalue weighted by molar-refractivity contribution is -0.144. The first-order valence-corrected chi connectivity index (χ1v) is 6.05. The fraction of sp³-hybridized carbons (Fsp3) is 0.500. The van der Waals surface area contributed by atoms with E-state index in [1.807, 2.05) is 26.0 Å². The molecule has 0 aliphatic rings. The smallest absolute Gasteiger partial charge is 0.323 e. The lowest BCUT2D eigenvalue weighted by Gasteiger charge is -2.15. The maximum absolute atomic E-state index is 11.5. The molecule has 0 fully saturated rings. The summed E-state index contributed by atoms with van der Waals surface area (Å²) in [4.78, 5) is 11.5. The second kappa shape index (κ2) is 6.40. The fourth-order valence-electron chi connectivity index (χ4n) is 1.77. The molecule has 0 saturated heterocycles. The molecule has 0 bridgehead atoms. The molecule has 0 spiro atoms. The van der Waals surface area contributed by atoms with Gasteiger partial charge in [0.15, 0.2) is 0 Å². The zero-order valence-corrected chi connectivity index (χ0v) is 11.4. The average molecular weight is 251 g/mol. The zero-order chi connectivity index (χ0) is 13.7. The molecule has 0 aliphatic heterocycles. The number of hydrogen-bond acceptors (Lipinski definition) is 4. The van der Waals surface area contributed by atoms with E-state index in [-0.39, 0.29) is 5.97 Å². The van der Waals surface area contributed by atoms with Crippen molar-refractivity contribution in [2.75, 3.05) is 13.7 Å². The maximum atomic E-state index is 11.5. The van der Waals surface area contributed by atoms with Crippen molar-refractivity contribution in [3.63, 3.8) is 0 Å². The quantitative estimate of drug-likeness (QED) is 0.810. The number of carbonyl (C=O) groups excluding carboxylic acids is 1. The van der Waals surface area contributed by atoms with Crippen LogP contribution in [0.2, 0.25) is 0 Å². The summed E-state index contributed by atoms with van der Waals surface area (Å²) >= 11 is 0. The topological polar surface area (TPSA) is 61.5 Å². The van der Waals surface area contributed by atoms with E-state index >= 15 is 0 Å². The van der Waals surface area contributed by atoms with Gasteiger partial charge in [-0.3, -0.25) is 4.79 Å². The maximum Gasteiger partial charge on any atom is 0.323 e. The van der Waals surface area contributed by atoms with Gasteiger partial charge in [0, 0.05) is 6.42 Å². The summed E-state index contributed by atoms with van der Waals surface area (Å²) in [7, 11) is 1.61. The number of rotatable bonds is 5. The highest BCUT2D eigenvalue weighted by atomic mass is 16.5. The first-order valence-electron chi connectivity index (χ1n) is 6.05. The standard InChI is InChI=1S/C14H21NO3/c1-5-18-14(16)12(15)8-11-6-9(2)10(3)7-13(11)17-4/h6-7,12H,5,8,15H2,1-4H3. The molecule has 0 radical (unpaired) electrons. The highest BCUT2D eigenvalue weighted by Gasteiger charge is 2.17. The second-order valence-corrected chi connectivity index (χ2v) is 4.31. The van der Waals surface area contributed by atoms with Crippen LogP contribution >= 0.6 is 0 Å². The Morgan fingerprint density at radius 2 is 1.94 bits per heavy atom. The van der Waals surface area contributed by atoms with E-state index in [2.05, 4.69) is 0 Å². The number of hydrogen-bond donors (Lipinski definition) is 1. The third-order valence-corrected chi connectivity index (χ3v) is 2.93. The van der Waals surface area contributed by atoms with Crippen molar-refractivity contribution in [3.05, 3.63) is 28.8 Å². The molecule has 0 saturated carbocycles. The first kappa shape index (κ1) is 14.5. The van der Waals surface area contributed by atoms with Crippen LogP contribution in [0.15, 0.2) is 12.1 Å². The van der Waals surface area contributed by atoms with Gasteiger partial charge in [-0.2, -0.15) is 0 Å². The van der Waals surface area contributed by atoms with Crippen LogP contribution in [0.5, 0.6) is 5.75 Å². The number of ether oxygens (including phenoxy) is 2. The van der Waals surface area contributed by atoms with Crippen LogP contribution in [0.4, 0.5) is 0 Å². The van der Waals surface area contributed by atoms with Gasteiger partial charge in [0.1, 0.15) is 11.8 Å². The summed E-state index contributed by atoms with van der Waals surface area (Å²) in [5.41, 5.74) is 9.06. The van der Waals surface area contributed by atoms with Gasteiger partial charge in [-0.15, -0.1) is 0 Å². The highest BCUT2D eigenvalue weighted by molar-refractivity contribution is 5.76. The SMILES string of the molecule is CCOC(=O)C(N)Cc1cc(C)c(C)cc1OC. The largest absolute Gasteiger partial charge is 0.496 e. The van der Waals surface area contributed by atoms with Gasteiger partial charge in [-0.25, -0.2) is 0 Å². The molecule has 4 heteroatoms. The average Bonchev–Trinajstić information content (AvgIpc) is 2.33. The lowest BCUT2D eigenvalue weighted by atomic mass is 10.00. The Morgan fingerprint density at radius 3 is 2.50 bits per heavy atom. The number of benzene rings is 1. The molecule has 1 rings (SSSR count). The van der Waals surface area contributed by atoms with Crippen molar-refractivity contribution in [1.82, 2.24) is 0 Å². The third kappa shape index (κ3) is 3.47. The zero-order valence-electron chi connectivity index (χ0n) is 11.4. The lowest BCUT2D eigenvalue weighted by Crippen LogP contribution is -2.34. The predicted octanol–water partition coefficient (Wildman–Crippen LogP) is 1.74. The van der Waals surface area contributed by atoms with Gasteiger partial charge in [0.05, 0.1) is 13.7 Å². The predicted molar refractivity (Wildman–Crippen MR) is 70.8 cm³/mol. The molecule has 2 N–H and O–H groups in total. The van der Waals surface area contributed by atoms with E-state index < -0.39 is 6.04 Å². The Balaban J connectivity index is 2.89. The minimum atomic E-state index is -0.652. The van der Waals surface area contributed by atoms with Crippen molar-refractivity contribution < 1.29 is 14.3 Å². The summed E-state index contributed by atoms with van der Waals surface area (Å²) in [6, 6.07) is 3.32. The van der Waals surface area contributed by atoms with Crippen molar-refractivity contribution in [2.45, 2.75) is 33.2 Å². The Hall–Kier alpha value is -1.55. The van der Waals surface area contributed by atoms with Crippen LogP contribution in [0, 0.1) is 13.8 Å². The molecular formula is C14H21NO3. The van der Waals surface area contributed by atoms with E-state index in [0.29, 0.717) is 13.0 Å². The molecule has 1 aromatic carbocycles. The molecule has 18 heavy (non-hydrogen) atoms. The van der Waals surface area contributed by atoms with Crippen molar-refractivity contribution in [3.8, 4) is 5.75 Å². The van der Waals surface area contributed by atoms with E-state index in [0.717, 1.165) is 22.4 Å². The molecule has 1 aromatic rings. The minimum Gasteiger partial charge on any atom is -0.496 e. The second-order valence-electron chi connectivity index (χ2n) is 4.31. The van der Waals surface area contributed by atoms with Gasteiger partial charge >= 0.3 is 5.97 Å². The Morgan fingerprint density at radius 1 is 1.33 bits per heavy atom. The molecule has 0 aromatic heterocycles. The molecule has 0 heterocycles. The van der Waals surface area contributed by atoms with E-state index in [4.69, 9.17) is 15.2 Å². The Kier molecular flexibility index (Phi) is 5.16. The number of methoxy groups -OCH3 is 1. The molecule has 100 valence electrons. The third-order valence-electron chi connectivity index (χ3n) is 2.93. The minimum absolute atomic E-state index is 0.344. The molecule has 4 nitrogen and oxygen atoms in total. The van der Waals surface area contributed by atoms with Gasteiger partial charge < -0.3 is 15.2 Å². The van der Waals surface area contributed by atoms with Gasteiger partial charge in [-0.05, 0) is 43.5 Å². The van der Waals surface area contributed by atoms with Crippen molar-refractivity contribution >= 4 is 5.97 Å². The summed E-state index contributed by atoms with van der Waals surface area (Å²) in [6.07, 6.45) is 0.420. The summed E-state index contributed by atoms with van der Waals surface area (Å²) in [5, 5.41) is 0. The van der Waals surface area contributed by atoms with Gasteiger partial charge in [0.25, 0.3) is 0 Å². The van der Waals surface area contributed by atoms with Crippen LogP contribution in [0.25, 0.3) is 0 Å². The van der Waals surface area contributed by atoms with Crippen LogP contribution < -0.4 is 10.5 Å². The summed E-state index contributed by atoms with van der Waals surface area (Å²) < 4.78 is 10.2. The number of nitrogens with two attached hydrogens (primary N) is 1. The monoisotopic (exact) mass is 251 g/mol. The van der Waals surface area contributed by atoms with E-state index in [9.17, 15) is 4.79 Å². The summed E-state index contributed by atoms with van der Waals surface area (Å²) in [6.45, 7) is 6.15. The van der Waals surface area contributed by atoms with Crippen molar-refractivity contribution in [1.29, 1.82) is 0 Å². The van der Waals surface area contributed by atoms with Crippen molar-refractivity contribution in [2.24, 2.45) is 5.73 Å². The molecule has 0 aliphatic carbocycles. The summed E-state index contributed by atoms with van der Waals surface area (Å²) in [5.74, 6) is 0.385. The number of carbonyl (C=O) groups is 1. The normalized spacial score (nSPS) is 12.1. The van der Waals surface area contributed by atoms with E-state index in [1.54, 1.807) is 14.0 Å². The molecule has 1 atom stereocenters. The number of aryl methyl sites for hydroxylation is 2. The molecule has 0 amide bonds. The van der Waals surface area contributed by atoms with Gasteiger partial charge in [-0.1, -0.05) is 6.07 Å². The van der Waals surface area contributed by atoms with Crippen LogP contribution in [0.1, 0.15) is 23.6 Å². The van der Waals surface area contributed by atoms with Crippen LogP contribution in [-0.2, 0) is 16.0 Å². The van der Waals surface area contributed by atoms with Crippen LogP contribution in [0.3, 0.4) is 0 Å². The van der Waals surface area contributed by atoms with Crippen LogP contribution in [-0.4, -0.2) is 25.7 Å². The van der Waals surface area contributed by atoms with Gasteiger partial charge in [0.2, 0.25) is 0 Å². The first-order chi connectivity index (χ1) is 8.49. The Bertz CT molecular complexity index is 429. The molecule has 1 unspecified atom stereocenters. The fourth-order valence-corrected chi connectivity index (χ4v) is 1.77. The Labute approximate surface area is 108 Å². The number of esters is 1. The highest BCUT2D eigenvalue weighted by Crippen LogP contribution is 2.24. The van der Waals surface area contributed by atoms with E-state index in [1.165, 1.54) is 0 Å².